The molecular formula is C18H25ClN2O. The molecule has 3 aliphatic rings. The average molecular weight is 321 g/mol. The molecular weight excluding hydrogens is 296 g/mol. The molecule has 0 aromatic heterocycles. The molecule has 22 heavy (non-hydrogen) atoms. The van der Waals surface area contributed by atoms with E-state index in [-0.39, 0.29) is 0 Å². The number of halogens is 1. The molecule has 0 radical (unpaired) electrons. The summed E-state index contributed by atoms with van der Waals surface area (Å²) in [7, 11) is 0. The minimum absolute atomic E-state index is 0.779. The summed E-state index contributed by atoms with van der Waals surface area (Å²) in [6.45, 7) is 5.40. The Morgan fingerprint density at radius 3 is 2.86 bits per heavy atom. The maximum Gasteiger partial charge on any atom is 0.127 e. The van der Waals surface area contributed by atoms with Gasteiger partial charge in [0.1, 0.15) is 5.75 Å². The molecule has 0 saturated carbocycles. The first-order valence-electron chi connectivity index (χ1n) is 8.69. The van der Waals surface area contributed by atoms with Crippen LogP contribution in [0.1, 0.15) is 36.8 Å². The zero-order valence-corrected chi connectivity index (χ0v) is 13.9. The molecule has 1 aromatic rings. The van der Waals surface area contributed by atoms with Crippen molar-refractivity contribution in [2.45, 2.75) is 44.7 Å². The van der Waals surface area contributed by atoms with Crippen molar-refractivity contribution in [3.63, 3.8) is 0 Å². The summed E-state index contributed by atoms with van der Waals surface area (Å²) >= 11 is 6.27. The van der Waals surface area contributed by atoms with E-state index in [1.54, 1.807) is 0 Å². The molecule has 2 fully saturated rings. The monoisotopic (exact) mass is 320 g/mol. The van der Waals surface area contributed by atoms with E-state index < -0.39 is 0 Å². The van der Waals surface area contributed by atoms with Crippen molar-refractivity contribution >= 4 is 11.6 Å². The van der Waals surface area contributed by atoms with Crippen LogP contribution in [0.4, 0.5) is 0 Å². The zero-order chi connectivity index (χ0) is 14.9. The predicted molar refractivity (Wildman–Crippen MR) is 89.7 cm³/mol. The van der Waals surface area contributed by atoms with Gasteiger partial charge in [-0.15, -0.1) is 0 Å². The highest BCUT2D eigenvalue weighted by molar-refractivity contribution is 6.30. The number of hydrogen-bond acceptors (Lipinski definition) is 3. The van der Waals surface area contributed by atoms with E-state index >= 15 is 0 Å². The molecule has 3 heterocycles. The van der Waals surface area contributed by atoms with Crippen molar-refractivity contribution in [2.24, 2.45) is 5.92 Å². The number of benzene rings is 1. The smallest absolute Gasteiger partial charge is 0.127 e. The maximum absolute atomic E-state index is 6.27. The van der Waals surface area contributed by atoms with E-state index in [1.807, 2.05) is 0 Å². The Hall–Kier alpha value is -0.770. The number of likely N-dealkylation sites (tertiary alicyclic amines) is 1. The van der Waals surface area contributed by atoms with Crippen LogP contribution in [-0.2, 0) is 13.0 Å². The van der Waals surface area contributed by atoms with Crippen LogP contribution in [0.3, 0.4) is 0 Å². The minimum Gasteiger partial charge on any atom is -0.493 e. The molecule has 3 aliphatic heterocycles. The largest absolute Gasteiger partial charge is 0.493 e. The topological polar surface area (TPSA) is 24.5 Å². The molecule has 2 saturated heterocycles. The van der Waals surface area contributed by atoms with Crippen LogP contribution in [0.2, 0.25) is 5.02 Å². The van der Waals surface area contributed by atoms with Crippen molar-refractivity contribution in [1.29, 1.82) is 0 Å². The SMILES string of the molecule is Clc1cc2c(c(CN3CCC(C4CCCN4)CC3)c1)OCC2. The highest BCUT2D eigenvalue weighted by Gasteiger charge is 2.29. The van der Waals surface area contributed by atoms with E-state index in [1.165, 1.54) is 56.4 Å². The second kappa shape index (κ2) is 6.38. The van der Waals surface area contributed by atoms with E-state index in [0.29, 0.717) is 0 Å². The van der Waals surface area contributed by atoms with Gasteiger partial charge in [0, 0.05) is 29.6 Å². The number of rotatable bonds is 3. The van der Waals surface area contributed by atoms with Gasteiger partial charge in [-0.2, -0.15) is 0 Å². The third kappa shape index (κ3) is 2.99. The van der Waals surface area contributed by atoms with Crippen LogP contribution in [-0.4, -0.2) is 37.2 Å². The first-order valence-corrected chi connectivity index (χ1v) is 9.07. The quantitative estimate of drug-likeness (QED) is 0.925. The lowest BCUT2D eigenvalue weighted by Crippen LogP contribution is -2.40. The summed E-state index contributed by atoms with van der Waals surface area (Å²) in [5, 5.41) is 4.53. The number of ether oxygens (including phenoxy) is 1. The second-order valence-electron chi connectivity index (χ2n) is 6.97. The number of piperidine rings is 1. The number of nitrogens with one attached hydrogen (secondary N) is 1. The fraction of sp³-hybridized carbons (Fsp3) is 0.667. The fourth-order valence-corrected chi connectivity index (χ4v) is 4.60. The van der Waals surface area contributed by atoms with Crippen molar-refractivity contribution in [2.75, 3.05) is 26.2 Å². The molecule has 0 bridgehead atoms. The third-order valence-corrected chi connectivity index (χ3v) is 5.74. The van der Waals surface area contributed by atoms with Crippen LogP contribution in [0.15, 0.2) is 12.1 Å². The standard InChI is InChI=1S/C18H25ClN2O/c19-16-10-14-5-9-22-18(14)15(11-16)12-21-7-3-13(4-8-21)17-2-1-6-20-17/h10-11,13,17,20H,1-9,12H2. The van der Waals surface area contributed by atoms with Gasteiger partial charge < -0.3 is 10.1 Å². The van der Waals surface area contributed by atoms with Gasteiger partial charge in [0.05, 0.1) is 6.61 Å². The highest BCUT2D eigenvalue weighted by atomic mass is 35.5. The summed E-state index contributed by atoms with van der Waals surface area (Å²) in [4.78, 5) is 2.57. The molecule has 3 nitrogen and oxygen atoms in total. The van der Waals surface area contributed by atoms with Crippen LogP contribution >= 0.6 is 11.6 Å². The summed E-state index contributed by atoms with van der Waals surface area (Å²) < 4.78 is 5.83. The third-order valence-electron chi connectivity index (χ3n) is 5.52. The Balaban J connectivity index is 1.39. The van der Waals surface area contributed by atoms with Gasteiger partial charge in [0.15, 0.2) is 0 Å². The van der Waals surface area contributed by atoms with Gasteiger partial charge in [-0.25, -0.2) is 0 Å². The van der Waals surface area contributed by atoms with Crippen LogP contribution in [0, 0.1) is 5.92 Å². The number of fused-ring (bicyclic) bond motifs is 1. The Labute approximate surface area is 138 Å². The number of nitrogens with zero attached hydrogens (tertiary/aromatic N) is 1. The van der Waals surface area contributed by atoms with E-state index in [2.05, 4.69) is 22.3 Å². The Bertz CT molecular complexity index is 534. The molecule has 1 atom stereocenters. The van der Waals surface area contributed by atoms with Crippen molar-refractivity contribution in [1.82, 2.24) is 10.2 Å². The summed E-state index contributed by atoms with van der Waals surface area (Å²) in [5.41, 5.74) is 2.56. The first kappa shape index (κ1) is 14.8. The van der Waals surface area contributed by atoms with Gasteiger partial charge in [-0.3, -0.25) is 4.90 Å². The molecule has 0 amide bonds. The Morgan fingerprint density at radius 2 is 2.09 bits per heavy atom. The fourth-order valence-electron chi connectivity index (χ4n) is 4.33. The second-order valence-corrected chi connectivity index (χ2v) is 7.40. The van der Waals surface area contributed by atoms with Crippen molar-refractivity contribution < 1.29 is 4.74 Å². The van der Waals surface area contributed by atoms with E-state index in [4.69, 9.17) is 16.3 Å². The number of hydrogen-bond donors (Lipinski definition) is 1. The highest BCUT2D eigenvalue weighted by Crippen LogP contribution is 2.34. The molecule has 4 rings (SSSR count). The van der Waals surface area contributed by atoms with Gasteiger partial charge in [0.2, 0.25) is 0 Å². The van der Waals surface area contributed by atoms with Gasteiger partial charge in [-0.1, -0.05) is 11.6 Å². The Morgan fingerprint density at radius 1 is 1.23 bits per heavy atom. The van der Waals surface area contributed by atoms with Gasteiger partial charge in [-0.05, 0) is 68.9 Å². The Kier molecular flexibility index (Phi) is 4.29. The molecule has 4 heteroatoms. The van der Waals surface area contributed by atoms with Crippen molar-refractivity contribution in [3.05, 3.63) is 28.3 Å². The molecule has 120 valence electrons. The lowest BCUT2D eigenvalue weighted by atomic mass is 9.88. The lowest BCUT2D eigenvalue weighted by molar-refractivity contribution is 0.156. The molecule has 1 N–H and O–H groups in total. The van der Waals surface area contributed by atoms with Crippen LogP contribution in [0.5, 0.6) is 5.75 Å². The van der Waals surface area contributed by atoms with E-state index in [9.17, 15) is 0 Å². The molecule has 1 aromatic carbocycles. The lowest BCUT2D eigenvalue weighted by Gasteiger charge is -2.35. The van der Waals surface area contributed by atoms with Crippen LogP contribution < -0.4 is 10.1 Å². The molecule has 0 spiro atoms. The molecule has 1 unspecified atom stereocenters. The van der Waals surface area contributed by atoms with Crippen LogP contribution in [0.25, 0.3) is 0 Å². The maximum atomic E-state index is 6.27. The first-order chi connectivity index (χ1) is 10.8. The summed E-state index contributed by atoms with van der Waals surface area (Å²) in [6.07, 6.45) is 6.37. The summed E-state index contributed by atoms with van der Waals surface area (Å²) in [5.74, 6) is 1.98. The predicted octanol–water partition coefficient (Wildman–Crippen LogP) is 3.24. The molecule has 0 aliphatic carbocycles. The zero-order valence-electron chi connectivity index (χ0n) is 13.1. The van der Waals surface area contributed by atoms with E-state index in [0.717, 1.165) is 42.3 Å². The summed E-state index contributed by atoms with van der Waals surface area (Å²) in [6, 6.07) is 4.93. The normalized spacial score (nSPS) is 26.1. The average Bonchev–Trinajstić information content (AvgIpc) is 3.18. The van der Waals surface area contributed by atoms with Gasteiger partial charge in [0.25, 0.3) is 0 Å². The minimum atomic E-state index is 0.779. The van der Waals surface area contributed by atoms with Gasteiger partial charge >= 0.3 is 0 Å². The van der Waals surface area contributed by atoms with Crippen molar-refractivity contribution in [3.8, 4) is 5.75 Å².